The van der Waals surface area contributed by atoms with E-state index in [0.717, 1.165) is 19.0 Å². The lowest BCUT2D eigenvalue weighted by Crippen LogP contribution is -2.43. The molecule has 3 heterocycles. The number of carbonyl (C=O) groups is 1. The lowest BCUT2D eigenvalue weighted by molar-refractivity contribution is -0.142. The zero-order chi connectivity index (χ0) is 19.8. The van der Waals surface area contributed by atoms with E-state index >= 15 is 0 Å². The molecule has 0 bridgehead atoms. The number of piperidine rings is 1. The van der Waals surface area contributed by atoms with Crippen molar-refractivity contribution in [3.8, 4) is 17.6 Å². The molecule has 7 nitrogen and oxygen atoms in total. The molecule has 1 amide bonds. The number of carbonyl (C=O) groups excluding carboxylic acids is 1. The molecule has 0 N–H and O–H groups in total. The smallest absolute Gasteiger partial charge is 0.248 e. The lowest BCUT2D eigenvalue weighted by Gasteiger charge is -2.32. The summed E-state index contributed by atoms with van der Waals surface area (Å²) in [5.41, 5.74) is 0.534. The zero-order valence-electron chi connectivity index (χ0n) is 16.6. The van der Waals surface area contributed by atoms with Crippen LogP contribution in [0.4, 0.5) is 0 Å². The number of hydrogen-bond acceptors (Lipinski definition) is 6. The Hall–Kier alpha value is -2.30. The molecule has 4 rings (SSSR count). The summed E-state index contributed by atoms with van der Waals surface area (Å²) in [5, 5.41) is 8.71. The molecule has 0 saturated carbocycles. The van der Waals surface area contributed by atoms with E-state index < -0.39 is 0 Å². The van der Waals surface area contributed by atoms with Crippen molar-refractivity contribution in [3.63, 3.8) is 0 Å². The molecule has 2 fully saturated rings. The average molecular weight is 387 g/mol. The van der Waals surface area contributed by atoms with Gasteiger partial charge < -0.3 is 24.0 Å². The number of amides is 1. The Morgan fingerprint density at radius 2 is 1.93 bits per heavy atom. The van der Waals surface area contributed by atoms with E-state index in [1.165, 1.54) is 32.4 Å². The minimum Gasteiger partial charge on any atom is -0.486 e. The van der Waals surface area contributed by atoms with Gasteiger partial charge in [0, 0.05) is 13.1 Å². The summed E-state index contributed by atoms with van der Waals surface area (Å²) in [7, 11) is 2.18. The third-order valence-electron chi connectivity index (χ3n) is 5.42. The zero-order valence-corrected chi connectivity index (χ0v) is 16.6. The highest BCUT2D eigenvalue weighted by Crippen LogP contribution is 2.32. The molecule has 0 aliphatic carbocycles. The van der Waals surface area contributed by atoms with Gasteiger partial charge in [-0.3, -0.25) is 4.79 Å². The van der Waals surface area contributed by atoms with E-state index in [1.807, 2.05) is 4.90 Å². The van der Waals surface area contributed by atoms with Crippen LogP contribution in [0.25, 0.3) is 0 Å². The van der Waals surface area contributed by atoms with Crippen molar-refractivity contribution in [1.29, 1.82) is 5.26 Å². The minimum absolute atomic E-state index is 0.166. The highest BCUT2D eigenvalue weighted by molar-refractivity contribution is 5.77. The van der Waals surface area contributed by atoms with Gasteiger partial charge in [-0.25, -0.2) is 0 Å². The van der Waals surface area contributed by atoms with Crippen LogP contribution >= 0.6 is 0 Å². The highest BCUT2D eigenvalue weighted by atomic mass is 16.6. The van der Waals surface area contributed by atoms with Crippen molar-refractivity contribution < 1.29 is 19.0 Å². The minimum atomic E-state index is 0.166. The van der Waals surface area contributed by atoms with E-state index in [-0.39, 0.29) is 12.5 Å². The standard InChI is InChI=1S/C12H22N2O2.C9H7NO2/c1-13-5-2-11(3-6-13)4-7-14-8-9-16-10-12(14)15;10-6-7-2-1-3-8-9(7)12-5-4-11-8/h11H,2-10H2,1H3;1-3H,4-5H2. The lowest BCUT2D eigenvalue weighted by atomic mass is 9.93. The predicted octanol–water partition coefficient (Wildman–Crippen LogP) is 1.91. The van der Waals surface area contributed by atoms with Gasteiger partial charge in [-0.2, -0.15) is 5.26 Å². The van der Waals surface area contributed by atoms with E-state index in [2.05, 4.69) is 18.0 Å². The molecule has 0 unspecified atom stereocenters. The quantitative estimate of drug-likeness (QED) is 0.789. The van der Waals surface area contributed by atoms with E-state index in [0.29, 0.717) is 36.9 Å². The largest absolute Gasteiger partial charge is 0.486 e. The Labute approximate surface area is 166 Å². The van der Waals surface area contributed by atoms with Gasteiger partial charge in [-0.05, 0) is 57.5 Å². The normalized spacial score (nSPS) is 20.1. The fraction of sp³-hybridized carbons (Fsp3) is 0.619. The molecule has 3 aliphatic rings. The summed E-state index contributed by atoms with van der Waals surface area (Å²) in [6, 6.07) is 7.35. The van der Waals surface area contributed by atoms with Crippen LogP contribution in [-0.4, -0.2) is 75.4 Å². The number of benzene rings is 1. The number of likely N-dealkylation sites (tertiary alicyclic amines) is 1. The van der Waals surface area contributed by atoms with Crippen molar-refractivity contribution >= 4 is 5.91 Å². The molecule has 7 heteroatoms. The third-order valence-corrected chi connectivity index (χ3v) is 5.42. The van der Waals surface area contributed by atoms with Crippen LogP contribution in [0, 0.1) is 17.2 Å². The van der Waals surface area contributed by atoms with Crippen LogP contribution in [-0.2, 0) is 9.53 Å². The number of ether oxygens (including phenoxy) is 3. The average Bonchev–Trinajstić information content (AvgIpc) is 2.74. The first kappa shape index (κ1) is 20.4. The molecule has 0 spiro atoms. The van der Waals surface area contributed by atoms with E-state index in [1.54, 1.807) is 18.2 Å². The van der Waals surface area contributed by atoms with Gasteiger partial charge in [0.2, 0.25) is 5.91 Å². The first-order valence-corrected chi connectivity index (χ1v) is 10.00. The van der Waals surface area contributed by atoms with Crippen LogP contribution in [0.5, 0.6) is 11.5 Å². The summed E-state index contributed by atoms with van der Waals surface area (Å²) in [6.07, 6.45) is 3.74. The van der Waals surface area contributed by atoms with E-state index in [4.69, 9.17) is 19.5 Å². The van der Waals surface area contributed by atoms with Gasteiger partial charge in [0.25, 0.3) is 0 Å². The Balaban J connectivity index is 0.000000167. The summed E-state index contributed by atoms with van der Waals surface area (Å²) in [6.45, 7) is 6.20. The summed E-state index contributed by atoms with van der Waals surface area (Å²) < 4.78 is 15.7. The van der Waals surface area contributed by atoms with Crippen LogP contribution in [0.1, 0.15) is 24.8 Å². The Bertz CT molecular complexity index is 695. The Kier molecular flexibility index (Phi) is 7.52. The Morgan fingerprint density at radius 1 is 1.14 bits per heavy atom. The fourth-order valence-electron chi connectivity index (χ4n) is 3.64. The molecule has 1 aromatic rings. The molecule has 28 heavy (non-hydrogen) atoms. The molecular weight excluding hydrogens is 358 g/mol. The van der Waals surface area contributed by atoms with Crippen molar-refractivity contribution in [2.75, 3.05) is 59.7 Å². The number of nitriles is 1. The molecular formula is C21H29N3O4. The van der Waals surface area contributed by atoms with Crippen molar-refractivity contribution in [1.82, 2.24) is 9.80 Å². The Morgan fingerprint density at radius 3 is 2.68 bits per heavy atom. The van der Waals surface area contributed by atoms with Crippen molar-refractivity contribution in [3.05, 3.63) is 23.8 Å². The maximum atomic E-state index is 11.5. The number of hydrogen-bond donors (Lipinski definition) is 0. The number of nitrogens with zero attached hydrogens (tertiary/aromatic N) is 3. The van der Waals surface area contributed by atoms with Gasteiger partial charge in [0.05, 0.1) is 12.2 Å². The van der Waals surface area contributed by atoms with Crippen LogP contribution in [0.15, 0.2) is 18.2 Å². The van der Waals surface area contributed by atoms with Crippen molar-refractivity contribution in [2.24, 2.45) is 5.92 Å². The number of rotatable bonds is 3. The van der Waals surface area contributed by atoms with Gasteiger partial charge in [0.1, 0.15) is 25.9 Å². The first-order chi connectivity index (χ1) is 13.7. The third kappa shape index (κ3) is 5.60. The first-order valence-electron chi connectivity index (χ1n) is 10.00. The molecule has 0 radical (unpaired) electrons. The topological polar surface area (TPSA) is 75.0 Å². The van der Waals surface area contributed by atoms with Crippen LogP contribution in [0.2, 0.25) is 0 Å². The molecule has 2 saturated heterocycles. The molecule has 1 aromatic carbocycles. The maximum absolute atomic E-state index is 11.5. The maximum Gasteiger partial charge on any atom is 0.248 e. The van der Waals surface area contributed by atoms with E-state index in [9.17, 15) is 4.79 Å². The van der Waals surface area contributed by atoms with Crippen molar-refractivity contribution in [2.45, 2.75) is 19.3 Å². The second kappa shape index (κ2) is 10.3. The van der Waals surface area contributed by atoms with Gasteiger partial charge in [-0.15, -0.1) is 0 Å². The summed E-state index contributed by atoms with van der Waals surface area (Å²) in [5.74, 6) is 2.22. The van der Waals surface area contributed by atoms with Crippen LogP contribution in [0.3, 0.4) is 0 Å². The molecule has 0 aromatic heterocycles. The van der Waals surface area contributed by atoms with Gasteiger partial charge >= 0.3 is 0 Å². The highest BCUT2D eigenvalue weighted by Gasteiger charge is 2.21. The summed E-state index contributed by atoms with van der Waals surface area (Å²) >= 11 is 0. The summed E-state index contributed by atoms with van der Waals surface area (Å²) in [4.78, 5) is 15.9. The number of morpholine rings is 1. The number of para-hydroxylation sites is 1. The van der Waals surface area contributed by atoms with Crippen LogP contribution < -0.4 is 9.47 Å². The predicted molar refractivity (Wildman–Crippen MR) is 104 cm³/mol. The second-order valence-electron chi connectivity index (χ2n) is 7.41. The molecule has 0 atom stereocenters. The monoisotopic (exact) mass is 387 g/mol. The molecule has 152 valence electrons. The van der Waals surface area contributed by atoms with Gasteiger partial charge in [-0.1, -0.05) is 6.07 Å². The molecule has 3 aliphatic heterocycles. The number of fused-ring (bicyclic) bond motifs is 1. The fourth-order valence-corrected chi connectivity index (χ4v) is 3.64. The second-order valence-corrected chi connectivity index (χ2v) is 7.41. The van der Waals surface area contributed by atoms with Gasteiger partial charge in [0.15, 0.2) is 11.5 Å². The SMILES string of the molecule is CN1CCC(CCN2CCOCC2=O)CC1.N#Cc1cccc2c1OCCO2.